The van der Waals surface area contributed by atoms with Gasteiger partial charge in [0.15, 0.2) is 0 Å². The molecule has 4 nitrogen and oxygen atoms in total. The lowest BCUT2D eigenvalue weighted by Crippen LogP contribution is -2.40. The van der Waals surface area contributed by atoms with Gasteiger partial charge < -0.3 is 10.2 Å². The number of carbonyl (C=O) groups excluding carboxylic acids is 2. The van der Waals surface area contributed by atoms with Crippen molar-refractivity contribution in [3.63, 3.8) is 0 Å². The Hall–Kier alpha value is -2.62. The van der Waals surface area contributed by atoms with Gasteiger partial charge in [-0.2, -0.15) is 0 Å². The molecule has 26 heavy (non-hydrogen) atoms. The van der Waals surface area contributed by atoms with E-state index in [0.717, 1.165) is 42.5 Å². The lowest BCUT2D eigenvalue weighted by molar-refractivity contribution is -0.134. The molecule has 1 unspecified atom stereocenters. The number of aryl methyl sites for hydroxylation is 1. The zero-order chi connectivity index (χ0) is 18.1. The van der Waals surface area contributed by atoms with E-state index >= 15 is 0 Å². The number of benzene rings is 2. The van der Waals surface area contributed by atoms with Crippen LogP contribution in [-0.2, 0) is 29.0 Å². The molecular weight excluding hydrogens is 324 g/mol. The summed E-state index contributed by atoms with van der Waals surface area (Å²) in [6.45, 7) is 2.86. The number of nitrogens with one attached hydrogen (secondary N) is 1. The SMILES string of the molecule is CC(=O)Nc1cccc2c1CCN(C(=O)C1CCCc3ccccc31)C2. The summed E-state index contributed by atoms with van der Waals surface area (Å²) in [6, 6.07) is 14.3. The summed E-state index contributed by atoms with van der Waals surface area (Å²) in [4.78, 5) is 26.7. The van der Waals surface area contributed by atoms with Gasteiger partial charge in [0.2, 0.25) is 11.8 Å². The Balaban J connectivity index is 1.56. The predicted octanol–water partition coefficient (Wildman–Crippen LogP) is 3.65. The number of hydrogen-bond acceptors (Lipinski definition) is 2. The van der Waals surface area contributed by atoms with Gasteiger partial charge in [-0.15, -0.1) is 0 Å². The maximum atomic E-state index is 13.2. The lowest BCUT2D eigenvalue weighted by Gasteiger charge is -2.34. The van der Waals surface area contributed by atoms with E-state index in [1.54, 1.807) is 0 Å². The molecule has 0 fully saturated rings. The summed E-state index contributed by atoms with van der Waals surface area (Å²) in [6.07, 6.45) is 3.87. The maximum absolute atomic E-state index is 13.2. The Morgan fingerprint density at radius 2 is 1.85 bits per heavy atom. The molecule has 2 amide bonds. The number of fused-ring (bicyclic) bond motifs is 2. The van der Waals surface area contributed by atoms with E-state index in [1.165, 1.54) is 18.1 Å². The van der Waals surface area contributed by atoms with Crippen LogP contribution in [0.1, 0.15) is 47.9 Å². The first-order valence-electron chi connectivity index (χ1n) is 9.38. The molecule has 0 radical (unpaired) electrons. The zero-order valence-electron chi connectivity index (χ0n) is 15.1. The average Bonchev–Trinajstić information content (AvgIpc) is 2.66. The molecule has 4 rings (SSSR count). The van der Waals surface area contributed by atoms with E-state index < -0.39 is 0 Å². The van der Waals surface area contributed by atoms with E-state index in [9.17, 15) is 9.59 Å². The number of anilines is 1. The molecule has 0 bridgehead atoms. The summed E-state index contributed by atoms with van der Waals surface area (Å²) < 4.78 is 0. The van der Waals surface area contributed by atoms with Crippen LogP contribution >= 0.6 is 0 Å². The minimum atomic E-state index is -0.0595. The Bertz CT molecular complexity index is 859. The highest BCUT2D eigenvalue weighted by atomic mass is 16.2. The molecule has 0 spiro atoms. The smallest absolute Gasteiger partial charge is 0.230 e. The van der Waals surface area contributed by atoms with Gasteiger partial charge in [-0.05, 0) is 54.0 Å². The van der Waals surface area contributed by atoms with Crippen molar-refractivity contribution in [2.24, 2.45) is 0 Å². The van der Waals surface area contributed by atoms with E-state index in [0.29, 0.717) is 13.1 Å². The van der Waals surface area contributed by atoms with Gasteiger partial charge in [-0.25, -0.2) is 0 Å². The zero-order valence-corrected chi connectivity index (χ0v) is 15.1. The van der Waals surface area contributed by atoms with Crippen LogP contribution in [0.4, 0.5) is 5.69 Å². The van der Waals surface area contributed by atoms with Crippen LogP contribution in [0.15, 0.2) is 42.5 Å². The molecule has 0 saturated heterocycles. The molecule has 2 aromatic carbocycles. The average molecular weight is 348 g/mol. The van der Waals surface area contributed by atoms with Crippen LogP contribution in [0.2, 0.25) is 0 Å². The molecule has 2 aromatic rings. The van der Waals surface area contributed by atoms with Crippen LogP contribution in [-0.4, -0.2) is 23.3 Å². The van der Waals surface area contributed by atoms with Crippen LogP contribution in [0.5, 0.6) is 0 Å². The molecule has 1 atom stereocenters. The van der Waals surface area contributed by atoms with Crippen molar-refractivity contribution in [2.45, 2.75) is 45.1 Å². The third-order valence-corrected chi connectivity index (χ3v) is 5.56. The van der Waals surface area contributed by atoms with E-state index in [4.69, 9.17) is 0 Å². The highest BCUT2D eigenvalue weighted by Gasteiger charge is 2.31. The highest BCUT2D eigenvalue weighted by molar-refractivity contribution is 5.90. The van der Waals surface area contributed by atoms with Gasteiger partial charge in [-0.3, -0.25) is 9.59 Å². The van der Waals surface area contributed by atoms with E-state index in [2.05, 4.69) is 29.6 Å². The molecule has 1 heterocycles. The number of nitrogens with zero attached hydrogens (tertiary/aromatic N) is 1. The predicted molar refractivity (Wildman–Crippen MR) is 102 cm³/mol. The van der Waals surface area contributed by atoms with Crippen molar-refractivity contribution in [1.82, 2.24) is 4.90 Å². The van der Waals surface area contributed by atoms with Crippen LogP contribution in [0.3, 0.4) is 0 Å². The molecule has 0 aromatic heterocycles. The van der Waals surface area contributed by atoms with Gasteiger partial charge in [-0.1, -0.05) is 36.4 Å². The van der Waals surface area contributed by atoms with E-state index in [1.807, 2.05) is 23.1 Å². The number of amides is 2. The molecular formula is C22H24N2O2. The standard InChI is InChI=1S/C22H24N2O2/c1-15(25)23-21-11-5-8-17-14-24(13-12-19(17)21)22(26)20-10-4-7-16-6-2-3-9-18(16)20/h2-3,5-6,8-9,11,20H,4,7,10,12-14H2,1H3,(H,23,25). The fourth-order valence-electron chi connectivity index (χ4n) is 4.34. The van der Waals surface area contributed by atoms with Gasteiger partial charge in [0.05, 0.1) is 5.92 Å². The summed E-state index contributed by atoms with van der Waals surface area (Å²) in [5.41, 5.74) is 5.71. The van der Waals surface area contributed by atoms with Gasteiger partial charge >= 0.3 is 0 Å². The molecule has 0 saturated carbocycles. The van der Waals surface area contributed by atoms with Crippen LogP contribution in [0, 0.1) is 0 Å². The monoisotopic (exact) mass is 348 g/mol. The molecule has 134 valence electrons. The Morgan fingerprint density at radius 1 is 1.04 bits per heavy atom. The second-order valence-corrected chi connectivity index (χ2v) is 7.28. The third-order valence-electron chi connectivity index (χ3n) is 5.56. The first kappa shape index (κ1) is 16.8. The first-order chi connectivity index (χ1) is 12.6. The van der Waals surface area contributed by atoms with Crippen molar-refractivity contribution >= 4 is 17.5 Å². The summed E-state index contributed by atoms with van der Waals surface area (Å²) in [5.74, 6) is 0.170. The fourth-order valence-corrected chi connectivity index (χ4v) is 4.34. The number of hydrogen-bond donors (Lipinski definition) is 1. The van der Waals surface area contributed by atoms with Crippen molar-refractivity contribution in [3.05, 3.63) is 64.7 Å². The summed E-state index contributed by atoms with van der Waals surface area (Å²) >= 11 is 0. The Labute approximate surface area is 154 Å². The lowest BCUT2D eigenvalue weighted by atomic mass is 9.81. The largest absolute Gasteiger partial charge is 0.337 e. The fraction of sp³-hybridized carbons (Fsp3) is 0.364. The van der Waals surface area contributed by atoms with Crippen LogP contribution < -0.4 is 5.32 Å². The first-order valence-corrected chi connectivity index (χ1v) is 9.38. The quantitative estimate of drug-likeness (QED) is 0.901. The third kappa shape index (κ3) is 3.12. The summed E-state index contributed by atoms with van der Waals surface area (Å²) in [7, 11) is 0. The molecule has 2 aliphatic rings. The summed E-state index contributed by atoms with van der Waals surface area (Å²) in [5, 5.41) is 2.91. The molecule has 1 aliphatic heterocycles. The van der Waals surface area contributed by atoms with Gasteiger partial charge in [0, 0.05) is 25.7 Å². The van der Waals surface area contributed by atoms with E-state index in [-0.39, 0.29) is 17.7 Å². The van der Waals surface area contributed by atoms with Crippen molar-refractivity contribution in [1.29, 1.82) is 0 Å². The van der Waals surface area contributed by atoms with Crippen LogP contribution in [0.25, 0.3) is 0 Å². The van der Waals surface area contributed by atoms with Crippen molar-refractivity contribution < 1.29 is 9.59 Å². The van der Waals surface area contributed by atoms with Crippen molar-refractivity contribution in [3.8, 4) is 0 Å². The van der Waals surface area contributed by atoms with Gasteiger partial charge in [0.1, 0.15) is 0 Å². The topological polar surface area (TPSA) is 49.4 Å². The highest BCUT2D eigenvalue weighted by Crippen LogP contribution is 2.35. The number of carbonyl (C=O) groups is 2. The normalized spacial score (nSPS) is 18.7. The van der Waals surface area contributed by atoms with Crippen molar-refractivity contribution in [2.75, 3.05) is 11.9 Å². The minimum absolute atomic E-state index is 0.0139. The second-order valence-electron chi connectivity index (χ2n) is 7.28. The molecule has 1 N–H and O–H groups in total. The minimum Gasteiger partial charge on any atom is -0.337 e. The molecule has 4 heteroatoms. The maximum Gasteiger partial charge on any atom is 0.230 e. The molecule has 1 aliphatic carbocycles. The second kappa shape index (κ2) is 6.94. The van der Waals surface area contributed by atoms with Gasteiger partial charge in [0.25, 0.3) is 0 Å². The Morgan fingerprint density at radius 3 is 2.69 bits per heavy atom. The Kier molecular flexibility index (Phi) is 4.49. The number of rotatable bonds is 2.